The van der Waals surface area contributed by atoms with Crippen molar-refractivity contribution >= 4 is 17.4 Å². The van der Waals surface area contributed by atoms with Crippen molar-refractivity contribution in [2.24, 2.45) is 5.73 Å². The third-order valence-corrected chi connectivity index (χ3v) is 3.38. The molecule has 0 bridgehead atoms. The molecule has 1 aliphatic rings. The van der Waals surface area contributed by atoms with E-state index in [1.807, 2.05) is 6.07 Å². The molecule has 2 rings (SSSR count). The average molecular weight is 240 g/mol. The zero-order valence-corrected chi connectivity index (χ0v) is 9.93. The van der Waals surface area contributed by atoms with Crippen LogP contribution in [0.1, 0.15) is 27.9 Å². The fourth-order valence-electron chi connectivity index (χ4n) is 2.19. The Labute approximate surface area is 99.5 Å². The number of hydrogen-bond donors (Lipinski definition) is 1. The van der Waals surface area contributed by atoms with Gasteiger partial charge in [-0.25, -0.2) is 0 Å². The standard InChI is InChI=1S/C12H14ClNO2/c1-16-12-9(10(15)6-14)5-7-3-2-4-8(7)11(12)13/h5H,2-4,6,14H2,1H3. The first-order chi connectivity index (χ1) is 7.69. The highest BCUT2D eigenvalue weighted by Gasteiger charge is 2.23. The Morgan fingerprint density at radius 3 is 2.94 bits per heavy atom. The van der Waals surface area contributed by atoms with Gasteiger partial charge in [0.05, 0.1) is 24.2 Å². The SMILES string of the molecule is COc1c(C(=O)CN)cc2c(c1Cl)CCC2. The molecule has 0 aliphatic heterocycles. The molecule has 0 aromatic heterocycles. The Kier molecular flexibility index (Phi) is 3.17. The quantitative estimate of drug-likeness (QED) is 0.821. The molecule has 0 heterocycles. The van der Waals surface area contributed by atoms with Crippen LogP contribution in [-0.4, -0.2) is 19.4 Å². The summed E-state index contributed by atoms with van der Waals surface area (Å²) in [6, 6.07) is 1.88. The first kappa shape index (κ1) is 11.4. The summed E-state index contributed by atoms with van der Waals surface area (Å²) in [7, 11) is 1.52. The Balaban J connectivity index is 2.61. The molecule has 4 heteroatoms. The number of benzene rings is 1. The van der Waals surface area contributed by atoms with E-state index in [0.29, 0.717) is 16.3 Å². The lowest BCUT2D eigenvalue weighted by atomic mass is 10.0. The molecule has 3 nitrogen and oxygen atoms in total. The van der Waals surface area contributed by atoms with Crippen molar-refractivity contribution in [2.75, 3.05) is 13.7 Å². The van der Waals surface area contributed by atoms with E-state index in [1.54, 1.807) is 0 Å². The van der Waals surface area contributed by atoms with Crippen LogP contribution in [0.15, 0.2) is 6.07 Å². The van der Waals surface area contributed by atoms with Crippen LogP contribution < -0.4 is 10.5 Å². The summed E-state index contributed by atoms with van der Waals surface area (Å²) in [5.74, 6) is 0.339. The van der Waals surface area contributed by atoms with Crippen molar-refractivity contribution in [1.29, 1.82) is 0 Å². The number of carbonyl (C=O) groups is 1. The minimum absolute atomic E-state index is 0.0223. The van der Waals surface area contributed by atoms with Gasteiger partial charge in [0.15, 0.2) is 5.78 Å². The molecular formula is C12H14ClNO2. The van der Waals surface area contributed by atoms with Gasteiger partial charge in [0.2, 0.25) is 0 Å². The maximum atomic E-state index is 11.7. The van der Waals surface area contributed by atoms with E-state index in [1.165, 1.54) is 7.11 Å². The predicted octanol–water partition coefficient (Wildman–Crippen LogP) is 1.98. The molecule has 0 unspecified atom stereocenters. The van der Waals surface area contributed by atoms with Crippen molar-refractivity contribution in [3.8, 4) is 5.75 Å². The summed E-state index contributed by atoms with van der Waals surface area (Å²) in [6.45, 7) is -0.0223. The topological polar surface area (TPSA) is 52.3 Å². The smallest absolute Gasteiger partial charge is 0.180 e. The Hall–Kier alpha value is -1.06. The monoisotopic (exact) mass is 239 g/mol. The van der Waals surface area contributed by atoms with Crippen LogP contribution in [0.3, 0.4) is 0 Å². The molecule has 2 N–H and O–H groups in total. The van der Waals surface area contributed by atoms with Crippen molar-refractivity contribution in [3.63, 3.8) is 0 Å². The van der Waals surface area contributed by atoms with Gasteiger partial charge in [0.1, 0.15) is 5.75 Å². The van der Waals surface area contributed by atoms with Crippen LogP contribution in [-0.2, 0) is 12.8 Å². The minimum atomic E-state index is -0.131. The Morgan fingerprint density at radius 2 is 2.31 bits per heavy atom. The summed E-state index contributed by atoms with van der Waals surface area (Å²) >= 11 is 6.24. The van der Waals surface area contributed by atoms with Crippen molar-refractivity contribution < 1.29 is 9.53 Å². The number of rotatable bonds is 3. The van der Waals surface area contributed by atoms with Crippen LogP contribution in [0.4, 0.5) is 0 Å². The van der Waals surface area contributed by atoms with Gasteiger partial charge in [-0.15, -0.1) is 0 Å². The van der Waals surface area contributed by atoms with Gasteiger partial charge >= 0.3 is 0 Å². The molecule has 0 amide bonds. The molecule has 16 heavy (non-hydrogen) atoms. The second-order valence-electron chi connectivity index (χ2n) is 3.89. The first-order valence-corrected chi connectivity index (χ1v) is 5.68. The second kappa shape index (κ2) is 4.44. The van der Waals surface area contributed by atoms with Crippen molar-refractivity contribution in [3.05, 3.63) is 27.8 Å². The van der Waals surface area contributed by atoms with Crippen molar-refractivity contribution in [1.82, 2.24) is 0 Å². The van der Waals surface area contributed by atoms with Gasteiger partial charge in [-0.05, 0) is 36.5 Å². The summed E-state index contributed by atoms with van der Waals surface area (Å²) < 4.78 is 5.22. The highest BCUT2D eigenvalue weighted by Crippen LogP contribution is 2.38. The Bertz CT molecular complexity index is 443. The summed E-state index contributed by atoms with van der Waals surface area (Å²) in [6.07, 6.45) is 3.02. The number of nitrogens with two attached hydrogens (primary N) is 1. The fourth-order valence-corrected chi connectivity index (χ4v) is 2.58. The van der Waals surface area contributed by atoms with Crippen LogP contribution in [0, 0.1) is 0 Å². The minimum Gasteiger partial charge on any atom is -0.494 e. The van der Waals surface area contributed by atoms with Crippen LogP contribution in [0.2, 0.25) is 5.02 Å². The van der Waals surface area contributed by atoms with Crippen LogP contribution >= 0.6 is 11.6 Å². The zero-order chi connectivity index (χ0) is 11.7. The number of halogens is 1. The van der Waals surface area contributed by atoms with Crippen molar-refractivity contribution in [2.45, 2.75) is 19.3 Å². The molecule has 0 spiro atoms. The van der Waals surface area contributed by atoms with Gasteiger partial charge in [0, 0.05) is 0 Å². The number of methoxy groups -OCH3 is 1. The lowest BCUT2D eigenvalue weighted by molar-refractivity contribution is 0.0998. The molecule has 0 fully saturated rings. The fraction of sp³-hybridized carbons (Fsp3) is 0.417. The molecule has 0 radical (unpaired) electrons. The van der Waals surface area contributed by atoms with E-state index in [0.717, 1.165) is 30.4 Å². The largest absolute Gasteiger partial charge is 0.494 e. The van der Waals surface area contributed by atoms with Crippen LogP contribution in [0.5, 0.6) is 5.75 Å². The van der Waals surface area contributed by atoms with E-state index < -0.39 is 0 Å². The summed E-state index contributed by atoms with van der Waals surface area (Å²) in [5.41, 5.74) is 8.16. The van der Waals surface area contributed by atoms with Gasteiger partial charge in [-0.1, -0.05) is 11.6 Å². The van der Waals surface area contributed by atoms with Gasteiger partial charge in [-0.3, -0.25) is 4.79 Å². The third kappa shape index (κ3) is 1.70. The predicted molar refractivity (Wildman–Crippen MR) is 63.4 cm³/mol. The number of carbonyl (C=O) groups excluding carboxylic acids is 1. The number of fused-ring (bicyclic) bond motifs is 1. The van der Waals surface area contributed by atoms with Gasteiger partial charge in [0.25, 0.3) is 0 Å². The molecular weight excluding hydrogens is 226 g/mol. The highest BCUT2D eigenvalue weighted by atomic mass is 35.5. The third-order valence-electron chi connectivity index (χ3n) is 2.98. The van der Waals surface area contributed by atoms with E-state index in [9.17, 15) is 4.79 Å². The molecule has 0 atom stereocenters. The van der Waals surface area contributed by atoms with E-state index in [4.69, 9.17) is 22.1 Å². The molecule has 86 valence electrons. The summed E-state index contributed by atoms with van der Waals surface area (Å²) in [5, 5.41) is 0.578. The van der Waals surface area contributed by atoms with Crippen LogP contribution in [0.25, 0.3) is 0 Å². The molecule has 1 aromatic carbocycles. The second-order valence-corrected chi connectivity index (χ2v) is 4.27. The van der Waals surface area contributed by atoms with E-state index in [2.05, 4.69) is 0 Å². The molecule has 0 saturated carbocycles. The lowest BCUT2D eigenvalue weighted by Crippen LogP contribution is -2.15. The Morgan fingerprint density at radius 1 is 1.56 bits per heavy atom. The number of ether oxygens (including phenoxy) is 1. The summed E-state index contributed by atoms with van der Waals surface area (Å²) in [4.78, 5) is 11.7. The average Bonchev–Trinajstić information content (AvgIpc) is 2.76. The lowest BCUT2D eigenvalue weighted by Gasteiger charge is -2.13. The first-order valence-electron chi connectivity index (χ1n) is 5.30. The van der Waals surface area contributed by atoms with E-state index >= 15 is 0 Å². The molecule has 1 aliphatic carbocycles. The molecule has 1 aromatic rings. The highest BCUT2D eigenvalue weighted by molar-refractivity contribution is 6.33. The maximum absolute atomic E-state index is 11.7. The normalized spacial score (nSPS) is 13.7. The number of ketones is 1. The van der Waals surface area contributed by atoms with Gasteiger partial charge < -0.3 is 10.5 Å². The number of aryl methyl sites for hydroxylation is 1. The molecule has 0 saturated heterocycles. The number of hydrogen-bond acceptors (Lipinski definition) is 3. The maximum Gasteiger partial charge on any atom is 0.180 e. The zero-order valence-electron chi connectivity index (χ0n) is 9.18. The van der Waals surface area contributed by atoms with E-state index in [-0.39, 0.29) is 12.3 Å². The van der Waals surface area contributed by atoms with Gasteiger partial charge in [-0.2, -0.15) is 0 Å². The number of Topliss-reactive ketones (excluding diaryl/α,β-unsaturated/α-hetero) is 1.